The number of methoxy groups -OCH3 is 1. The van der Waals surface area contributed by atoms with Gasteiger partial charge in [-0.25, -0.2) is 4.98 Å². The van der Waals surface area contributed by atoms with E-state index in [1.807, 2.05) is 0 Å². The van der Waals surface area contributed by atoms with Gasteiger partial charge in [0.05, 0.1) is 30.6 Å². The number of carbonyl (C=O) groups excluding carboxylic acids is 3. The van der Waals surface area contributed by atoms with E-state index in [9.17, 15) is 14.4 Å². The van der Waals surface area contributed by atoms with Crippen molar-refractivity contribution in [2.24, 2.45) is 0 Å². The van der Waals surface area contributed by atoms with Gasteiger partial charge in [0.15, 0.2) is 0 Å². The molecule has 2 aliphatic rings. The van der Waals surface area contributed by atoms with Crippen LogP contribution in [0.1, 0.15) is 27.3 Å². The highest BCUT2D eigenvalue weighted by molar-refractivity contribution is 6.31. The summed E-state index contributed by atoms with van der Waals surface area (Å²) in [6.07, 6.45) is 4.67. The highest BCUT2D eigenvalue weighted by Gasteiger charge is 2.45. The molecule has 10 heteroatoms. The van der Waals surface area contributed by atoms with Crippen LogP contribution in [0, 0.1) is 0 Å². The number of hydrogen-bond donors (Lipinski definition) is 2. The van der Waals surface area contributed by atoms with Gasteiger partial charge in [-0.05, 0) is 42.3 Å². The van der Waals surface area contributed by atoms with Gasteiger partial charge in [0.25, 0.3) is 11.8 Å². The first kappa shape index (κ1) is 21.8. The molecule has 172 valence electrons. The molecular weight excluding hydrogens is 458 g/mol. The van der Waals surface area contributed by atoms with Crippen molar-refractivity contribution in [2.45, 2.75) is 18.5 Å². The van der Waals surface area contributed by atoms with Crippen molar-refractivity contribution in [3.8, 4) is 16.9 Å². The van der Waals surface area contributed by atoms with Crippen molar-refractivity contribution in [1.82, 2.24) is 20.2 Å². The van der Waals surface area contributed by atoms with E-state index in [-0.39, 0.29) is 17.5 Å². The van der Waals surface area contributed by atoms with E-state index in [1.165, 1.54) is 23.5 Å². The van der Waals surface area contributed by atoms with Gasteiger partial charge in [0, 0.05) is 29.5 Å². The van der Waals surface area contributed by atoms with Crippen LogP contribution in [0.4, 0.5) is 5.69 Å². The van der Waals surface area contributed by atoms with Gasteiger partial charge >= 0.3 is 0 Å². The second-order valence-corrected chi connectivity index (χ2v) is 8.43. The van der Waals surface area contributed by atoms with Crippen molar-refractivity contribution < 1.29 is 19.1 Å². The van der Waals surface area contributed by atoms with Crippen LogP contribution in [-0.2, 0) is 4.79 Å². The molecule has 2 aliphatic heterocycles. The Morgan fingerprint density at radius 2 is 2.03 bits per heavy atom. The van der Waals surface area contributed by atoms with E-state index in [4.69, 9.17) is 16.3 Å². The van der Waals surface area contributed by atoms with Gasteiger partial charge in [-0.1, -0.05) is 17.7 Å². The first-order chi connectivity index (χ1) is 16.5. The molecule has 1 saturated heterocycles. The molecule has 0 saturated carbocycles. The lowest BCUT2D eigenvalue weighted by Gasteiger charge is -2.24. The van der Waals surface area contributed by atoms with E-state index in [0.717, 1.165) is 11.1 Å². The lowest BCUT2D eigenvalue weighted by Crippen LogP contribution is -2.51. The number of aromatic nitrogens is 2. The van der Waals surface area contributed by atoms with E-state index >= 15 is 0 Å². The second kappa shape index (κ2) is 8.75. The number of ether oxygens (including phenoxy) is 1. The second-order valence-electron chi connectivity index (χ2n) is 8.00. The summed E-state index contributed by atoms with van der Waals surface area (Å²) in [7, 11) is 1.56. The summed E-state index contributed by atoms with van der Waals surface area (Å²) in [4.78, 5) is 48.6. The number of benzene rings is 2. The molecule has 3 aromatic rings. The number of amides is 3. The predicted molar refractivity (Wildman–Crippen MR) is 125 cm³/mol. The standard InChI is InChI=1S/C24H20ClN5O4/c1-34-20-5-3-14(25)11-15(20)13-2-4-17-16(10-13)24(33)30-9-6-18(21(30)23(32)28-17)29-22(31)19-12-26-7-8-27-19/h2-5,7-8,10-12,18,21H,6,9H2,1H3,(H,28,32)(H,29,31)/t18-,21-/m0/s1. The minimum atomic E-state index is -0.843. The van der Waals surface area contributed by atoms with Crippen LogP contribution in [0.2, 0.25) is 5.02 Å². The lowest BCUT2D eigenvalue weighted by molar-refractivity contribution is -0.120. The van der Waals surface area contributed by atoms with E-state index in [0.29, 0.717) is 35.0 Å². The average Bonchev–Trinajstić information content (AvgIpc) is 3.23. The summed E-state index contributed by atoms with van der Waals surface area (Å²) in [6.45, 7) is 0.326. The summed E-state index contributed by atoms with van der Waals surface area (Å²) in [5, 5.41) is 6.21. The number of hydrogen-bond acceptors (Lipinski definition) is 6. The monoisotopic (exact) mass is 477 g/mol. The maximum absolute atomic E-state index is 13.5. The van der Waals surface area contributed by atoms with Crippen LogP contribution >= 0.6 is 11.6 Å². The molecule has 5 rings (SSSR count). The normalized spacial score (nSPS) is 19.1. The highest BCUT2D eigenvalue weighted by atomic mass is 35.5. The number of carbonyl (C=O) groups is 3. The molecule has 1 aromatic heterocycles. The smallest absolute Gasteiger partial charge is 0.271 e. The Balaban J connectivity index is 1.45. The minimum absolute atomic E-state index is 0.143. The Hall–Kier alpha value is -3.98. The molecule has 0 spiro atoms. The van der Waals surface area contributed by atoms with Gasteiger partial charge in [0.2, 0.25) is 5.91 Å². The van der Waals surface area contributed by atoms with Crippen molar-refractivity contribution in [1.29, 1.82) is 0 Å². The Morgan fingerprint density at radius 3 is 2.79 bits per heavy atom. The van der Waals surface area contributed by atoms with Crippen LogP contribution in [0.3, 0.4) is 0 Å². The highest BCUT2D eigenvalue weighted by Crippen LogP contribution is 2.36. The Labute approximate surface area is 200 Å². The first-order valence-electron chi connectivity index (χ1n) is 10.6. The fraction of sp³-hybridized carbons (Fsp3) is 0.208. The Bertz CT molecular complexity index is 1300. The molecule has 3 amide bonds. The Morgan fingerprint density at radius 1 is 1.18 bits per heavy atom. The first-order valence-corrected chi connectivity index (χ1v) is 11.0. The summed E-state index contributed by atoms with van der Waals surface area (Å²) >= 11 is 6.19. The van der Waals surface area contributed by atoms with Crippen LogP contribution in [0.25, 0.3) is 11.1 Å². The number of halogens is 1. The zero-order valence-electron chi connectivity index (χ0n) is 18.1. The van der Waals surface area contributed by atoms with Crippen LogP contribution < -0.4 is 15.4 Å². The van der Waals surface area contributed by atoms with Crippen molar-refractivity contribution in [3.05, 3.63) is 71.3 Å². The third-order valence-electron chi connectivity index (χ3n) is 6.02. The maximum Gasteiger partial charge on any atom is 0.271 e. The fourth-order valence-electron chi connectivity index (χ4n) is 4.42. The van der Waals surface area contributed by atoms with Crippen LogP contribution in [0.15, 0.2) is 55.0 Å². The summed E-state index contributed by atoms with van der Waals surface area (Å²) < 4.78 is 5.45. The molecule has 0 radical (unpaired) electrons. The van der Waals surface area contributed by atoms with Gasteiger partial charge in [-0.3, -0.25) is 19.4 Å². The number of rotatable bonds is 4. The van der Waals surface area contributed by atoms with Gasteiger partial charge < -0.3 is 20.3 Å². The van der Waals surface area contributed by atoms with E-state index in [1.54, 1.807) is 43.5 Å². The summed E-state index contributed by atoms with van der Waals surface area (Å²) in [5.41, 5.74) is 2.37. The fourth-order valence-corrected chi connectivity index (χ4v) is 4.59. The topological polar surface area (TPSA) is 114 Å². The molecule has 3 heterocycles. The molecule has 34 heavy (non-hydrogen) atoms. The summed E-state index contributed by atoms with van der Waals surface area (Å²) in [5.74, 6) is -0.489. The average molecular weight is 478 g/mol. The number of fused-ring (bicyclic) bond motifs is 2. The lowest BCUT2D eigenvalue weighted by atomic mass is 10.0. The third-order valence-corrected chi connectivity index (χ3v) is 6.26. The summed E-state index contributed by atoms with van der Waals surface area (Å²) in [6, 6.07) is 9.06. The van der Waals surface area contributed by atoms with E-state index < -0.39 is 18.0 Å². The van der Waals surface area contributed by atoms with Crippen molar-refractivity contribution in [2.75, 3.05) is 19.0 Å². The largest absolute Gasteiger partial charge is 0.496 e. The number of nitrogens with zero attached hydrogens (tertiary/aromatic N) is 3. The maximum atomic E-state index is 13.5. The van der Waals surface area contributed by atoms with Crippen LogP contribution in [0.5, 0.6) is 5.75 Å². The number of anilines is 1. The zero-order chi connectivity index (χ0) is 23.8. The Kier molecular flexibility index (Phi) is 5.62. The van der Waals surface area contributed by atoms with Crippen molar-refractivity contribution in [3.63, 3.8) is 0 Å². The molecule has 2 N–H and O–H groups in total. The van der Waals surface area contributed by atoms with Crippen LogP contribution in [-0.4, -0.2) is 58.3 Å². The number of nitrogens with one attached hydrogen (secondary N) is 2. The molecule has 2 atom stereocenters. The molecule has 0 bridgehead atoms. The molecule has 0 aliphatic carbocycles. The molecular formula is C24H20ClN5O4. The molecule has 0 unspecified atom stereocenters. The molecule has 1 fully saturated rings. The molecule has 9 nitrogen and oxygen atoms in total. The zero-order valence-corrected chi connectivity index (χ0v) is 18.9. The quantitative estimate of drug-likeness (QED) is 0.597. The molecule has 2 aromatic carbocycles. The van der Waals surface area contributed by atoms with Gasteiger partial charge in [-0.15, -0.1) is 0 Å². The van der Waals surface area contributed by atoms with Gasteiger partial charge in [0.1, 0.15) is 17.5 Å². The van der Waals surface area contributed by atoms with Crippen molar-refractivity contribution >= 4 is 35.0 Å². The minimum Gasteiger partial charge on any atom is -0.496 e. The van der Waals surface area contributed by atoms with E-state index in [2.05, 4.69) is 20.6 Å². The predicted octanol–water partition coefficient (Wildman–Crippen LogP) is 2.77. The third kappa shape index (κ3) is 3.84. The van der Waals surface area contributed by atoms with Gasteiger partial charge in [-0.2, -0.15) is 0 Å². The SMILES string of the molecule is COc1ccc(Cl)cc1-c1ccc2c(c1)C(=O)N1CC[C@H](NC(=O)c3cnccn3)[C@H]1C(=O)N2.